The first kappa shape index (κ1) is 16.2. The number of aromatic nitrogens is 2. The third kappa shape index (κ3) is 3.70. The third-order valence-electron chi connectivity index (χ3n) is 3.07. The molecule has 2 aromatic rings. The molecule has 0 amide bonds. The predicted octanol–water partition coefficient (Wildman–Crippen LogP) is 2.90. The Labute approximate surface area is 124 Å². The van der Waals surface area contributed by atoms with E-state index in [4.69, 9.17) is 4.74 Å². The largest absolute Gasteiger partial charge is 0.471 e. The summed E-state index contributed by atoms with van der Waals surface area (Å²) in [6.45, 7) is 1.65. The Balaban J connectivity index is 2.12. The van der Waals surface area contributed by atoms with E-state index in [0.29, 0.717) is 5.56 Å². The molecule has 1 aromatic heterocycles. The zero-order valence-electron chi connectivity index (χ0n) is 11.8. The zero-order valence-corrected chi connectivity index (χ0v) is 11.8. The first-order valence-corrected chi connectivity index (χ1v) is 6.37. The molecule has 1 unspecified atom stereocenters. The summed E-state index contributed by atoms with van der Waals surface area (Å²) >= 11 is 0. The first-order valence-electron chi connectivity index (χ1n) is 6.37. The van der Waals surface area contributed by atoms with Gasteiger partial charge in [0.1, 0.15) is 6.10 Å². The van der Waals surface area contributed by atoms with Crippen LogP contribution in [0.4, 0.5) is 13.2 Å². The van der Waals surface area contributed by atoms with E-state index in [1.807, 2.05) is 0 Å². The number of carbonyl (C=O) groups is 1. The molecule has 22 heavy (non-hydrogen) atoms. The first-order chi connectivity index (χ1) is 10.3. The number of halogens is 3. The van der Waals surface area contributed by atoms with E-state index in [-0.39, 0.29) is 18.0 Å². The van der Waals surface area contributed by atoms with Gasteiger partial charge >= 0.3 is 12.1 Å². The van der Waals surface area contributed by atoms with Crippen molar-refractivity contribution in [3.05, 3.63) is 35.7 Å². The fourth-order valence-corrected chi connectivity index (χ4v) is 1.70. The minimum atomic E-state index is -4.67. The second-order valence-electron chi connectivity index (χ2n) is 4.64. The number of benzene rings is 1. The lowest BCUT2D eigenvalue weighted by Gasteiger charge is -2.08. The van der Waals surface area contributed by atoms with Gasteiger partial charge in [-0.3, -0.25) is 4.79 Å². The van der Waals surface area contributed by atoms with Crippen LogP contribution in [0.5, 0.6) is 0 Å². The average molecular weight is 314 g/mol. The highest BCUT2D eigenvalue weighted by Gasteiger charge is 2.38. The van der Waals surface area contributed by atoms with Crippen molar-refractivity contribution in [2.45, 2.75) is 25.6 Å². The normalized spacial score (nSPS) is 13.1. The van der Waals surface area contributed by atoms with E-state index in [1.54, 1.807) is 19.1 Å². The molecule has 1 aromatic carbocycles. The van der Waals surface area contributed by atoms with Gasteiger partial charge in [-0.25, -0.2) is 0 Å². The highest BCUT2D eigenvalue weighted by molar-refractivity contribution is 5.84. The highest BCUT2D eigenvalue weighted by Crippen LogP contribution is 2.29. The lowest BCUT2D eigenvalue weighted by atomic mass is 10.0. The molecule has 8 heteroatoms. The maximum atomic E-state index is 12.4. The molecule has 0 N–H and O–H groups in total. The summed E-state index contributed by atoms with van der Waals surface area (Å²) in [6, 6.07) is 6.31. The summed E-state index contributed by atoms with van der Waals surface area (Å²) in [4.78, 5) is 15.0. The van der Waals surface area contributed by atoms with Crippen LogP contribution < -0.4 is 0 Å². The van der Waals surface area contributed by atoms with Crippen LogP contribution in [-0.4, -0.2) is 29.1 Å². The van der Waals surface area contributed by atoms with Crippen molar-refractivity contribution in [3.8, 4) is 11.4 Å². The van der Waals surface area contributed by atoms with Gasteiger partial charge in [0.05, 0.1) is 0 Å². The molecule has 0 aliphatic heterocycles. The number of ether oxygens (including phenoxy) is 1. The molecule has 0 saturated carbocycles. The van der Waals surface area contributed by atoms with E-state index in [0.717, 1.165) is 5.56 Å². The van der Waals surface area contributed by atoms with Crippen LogP contribution in [0.15, 0.2) is 28.8 Å². The second-order valence-corrected chi connectivity index (χ2v) is 4.64. The van der Waals surface area contributed by atoms with Gasteiger partial charge in [-0.05, 0) is 12.5 Å². The van der Waals surface area contributed by atoms with Gasteiger partial charge in [-0.1, -0.05) is 29.4 Å². The SMILES string of the molecule is COC(C)C(=O)Cc1ccc(-c2noc(C(F)(F)F)n2)cc1. The summed E-state index contributed by atoms with van der Waals surface area (Å²) in [7, 11) is 1.44. The van der Waals surface area contributed by atoms with Gasteiger partial charge in [-0.15, -0.1) is 0 Å². The van der Waals surface area contributed by atoms with Crippen molar-refractivity contribution >= 4 is 5.78 Å². The molecule has 0 aliphatic rings. The zero-order chi connectivity index (χ0) is 16.3. The molecule has 0 fully saturated rings. The van der Waals surface area contributed by atoms with Crippen LogP contribution in [0.2, 0.25) is 0 Å². The second kappa shape index (κ2) is 6.27. The van der Waals surface area contributed by atoms with E-state index in [9.17, 15) is 18.0 Å². The van der Waals surface area contributed by atoms with Gasteiger partial charge < -0.3 is 9.26 Å². The molecule has 1 heterocycles. The number of Topliss-reactive ketones (excluding diaryl/α,β-unsaturated/α-hetero) is 1. The molecular formula is C14H13F3N2O3. The fraction of sp³-hybridized carbons (Fsp3) is 0.357. The monoisotopic (exact) mass is 314 g/mol. The number of alkyl halides is 3. The number of hydrogen-bond acceptors (Lipinski definition) is 5. The Morgan fingerprint density at radius 3 is 2.45 bits per heavy atom. The minimum absolute atomic E-state index is 0.0887. The van der Waals surface area contributed by atoms with Crippen LogP contribution in [0.25, 0.3) is 11.4 Å². The van der Waals surface area contributed by atoms with Gasteiger partial charge in [-0.2, -0.15) is 18.2 Å². The van der Waals surface area contributed by atoms with Crippen LogP contribution in [-0.2, 0) is 22.1 Å². The fourth-order valence-electron chi connectivity index (χ4n) is 1.70. The number of nitrogens with zero attached hydrogens (tertiary/aromatic N) is 2. The van der Waals surface area contributed by atoms with Crippen molar-refractivity contribution in [1.82, 2.24) is 10.1 Å². The van der Waals surface area contributed by atoms with Crippen molar-refractivity contribution in [2.24, 2.45) is 0 Å². The van der Waals surface area contributed by atoms with Gasteiger partial charge in [0.15, 0.2) is 5.78 Å². The summed E-state index contributed by atoms with van der Waals surface area (Å²) < 4.78 is 46.3. The van der Waals surface area contributed by atoms with Gasteiger partial charge in [0.2, 0.25) is 5.82 Å². The van der Waals surface area contributed by atoms with Crippen molar-refractivity contribution in [3.63, 3.8) is 0 Å². The van der Waals surface area contributed by atoms with E-state index < -0.39 is 18.2 Å². The molecule has 0 bridgehead atoms. The summed E-state index contributed by atoms with van der Waals surface area (Å²) in [5.74, 6) is -1.64. The Hall–Kier alpha value is -2.22. The molecule has 0 radical (unpaired) electrons. The molecular weight excluding hydrogens is 301 g/mol. The van der Waals surface area contributed by atoms with Crippen LogP contribution in [0, 0.1) is 0 Å². The van der Waals surface area contributed by atoms with Crippen molar-refractivity contribution in [1.29, 1.82) is 0 Å². The topological polar surface area (TPSA) is 65.2 Å². The summed E-state index contributed by atoms with van der Waals surface area (Å²) in [6.07, 6.45) is -5.00. The van der Waals surface area contributed by atoms with Gasteiger partial charge in [0, 0.05) is 19.1 Å². The molecule has 0 aliphatic carbocycles. The Morgan fingerprint density at radius 1 is 1.32 bits per heavy atom. The van der Waals surface area contributed by atoms with Crippen LogP contribution in [0.3, 0.4) is 0 Å². The van der Waals surface area contributed by atoms with Crippen LogP contribution >= 0.6 is 0 Å². The molecule has 118 valence electrons. The molecule has 2 rings (SSSR count). The molecule has 0 saturated heterocycles. The Bertz CT molecular complexity index is 650. The van der Waals surface area contributed by atoms with E-state index in [2.05, 4.69) is 14.7 Å². The molecule has 0 spiro atoms. The minimum Gasteiger partial charge on any atom is -0.374 e. The van der Waals surface area contributed by atoms with Crippen LogP contribution in [0.1, 0.15) is 18.4 Å². The maximum absolute atomic E-state index is 12.4. The number of rotatable bonds is 5. The lowest BCUT2D eigenvalue weighted by molar-refractivity contribution is -0.159. The number of methoxy groups -OCH3 is 1. The molecule has 5 nitrogen and oxygen atoms in total. The number of carbonyl (C=O) groups excluding carboxylic acids is 1. The quantitative estimate of drug-likeness (QED) is 0.849. The van der Waals surface area contributed by atoms with E-state index in [1.165, 1.54) is 19.2 Å². The smallest absolute Gasteiger partial charge is 0.374 e. The predicted molar refractivity (Wildman–Crippen MR) is 69.9 cm³/mol. The Morgan fingerprint density at radius 2 is 1.95 bits per heavy atom. The van der Waals surface area contributed by atoms with Crippen molar-refractivity contribution in [2.75, 3.05) is 7.11 Å². The summed E-state index contributed by atoms with van der Waals surface area (Å²) in [5.41, 5.74) is 1.09. The molecule has 1 atom stereocenters. The Kier molecular flexibility index (Phi) is 4.60. The number of hydrogen-bond donors (Lipinski definition) is 0. The van der Waals surface area contributed by atoms with Gasteiger partial charge in [0.25, 0.3) is 0 Å². The number of ketones is 1. The third-order valence-corrected chi connectivity index (χ3v) is 3.07. The summed E-state index contributed by atoms with van der Waals surface area (Å²) in [5, 5.41) is 3.29. The van der Waals surface area contributed by atoms with Crippen molar-refractivity contribution < 1.29 is 27.2 Å². The highest BCUT2D eigenvalue weighted by atomic mass is 19.4. The maximum Gasteiger partial charge on any atom is 0.471 e. The standard InChI is InChI=1S/C14H13F3N2O3/c1-8(21-2)11(20)7-9-3-5-10(6-4-9)12-18-13(22-19-12)14(15,16)17/h3-6,8H,7H2,1-2H3. The lowest BCUT2D eigenvalue weighted by Crippen LogP contribution is -2.20. The average Bonchev–Trinajstić information content (AvgIpc) is 2.97. The van der Waals surface area contributed by atoms with E-state index >= 15 is 0 Å².